The zero-order valence-corrected chi connectivity index (χ0v) is 13.7. The van der Waals surface area contributed by atoms with E-state index in [1.165, 1.54) is 0 Å². The first-order valence-electron chi connectivity index (χ1n) is 7.30. The van der Waals surface area contributed by atoms with Gasteiger partial charge in [0.05, 0.1) is 26.6 Å². The summed E-state index contributed by atoms with van der Waals surface area (Å²) < 4.78 is 0. The first-order chi connectivity index (χ1) is 10.6. The summed E-state index contributed by atoms with van der Waals surface area (Å²) in [5, 5.41) is 5.35. The molecule has 0 unspecified atom stereocenters. The first kappa shape index (κ1) is 15.2. The Morgan fingerprint density at radius 3 is 2.73 bits per heavy atom. The van der Waals surface area contributed by atoms with E-state index >= 15 is 0 Å². The molecule has 0 saturated carbocycles. The molecule has 1 aromatic heterocycles. The molecule has 0 aliphatic carbocycles. The lowest BCUT2D eigenvalue weighted by Crippen LogP contribution is -2.10. The molecule has 0 saturated heterocycles. The van der Waals surface area contributed by atoms with Gasteiger partial charge in [-0.05, 0) is 24.6 Å². The second-order valence-electron chi connectivity index (χ2n) is 5.25. The predicted octanol–water partition coefficient (Wildman–Crippen LogP) is 5.20. The number of hydrogen-bond acceptors (Lipinski definition) is 2. The molecule has 1 heterocycles. The molecule has 0 aliphatic heterocycles. The van der Waals surface area contributed by atoms with Crippen molar-refractivity contribution in [3.8, 4) is 0 Å². The molecule has 3 nitrogen and oxygen atoms in total. The minimum absolute atomic E-state index is 0.0623. The Bertz CT molecular complexity index is 902. The van der Waals surface area contributed by atoms with Crippen molar-refractivity contribution >= 4 is 50.7 Å². The molecule has 0 aliphatic rings. The van der Waals surface area contributed by atoms with Crippen LogP contribution in [0.15, 0.2) is 35.1 Å². The van der Waals surface area contributed by atoms with Crippen LogP contribution in [0.1, 0.15) is 19.8 Å². The summed E-state index contributed by atoms with van der Waals surface area (Å²) in [7, 11) is 0. The summed E-state index contributed by atoms with van der Waals surface area (Å²) in [5.41, 5.74) is 1.98. The van der Waals surface area contributed by atoms with Crippen molar-refractivity contribution in [2.45, 2.75) is 19.8 Å². The zero-order chi connectivity index (χ0) is 15.7. The van der Waals surface area contributed by atoms with Crippen LogP contribution >= 0.6 is 23.2 Å². The Morgan fingerprint density at radius 2 is 1.95 bits per heavy atom. The molecule has 0 fully saturated rings. The average Bonchev–Trinajstić information content (AvgIpc) is 2.51. The highest BCUT2D eigenvalue weighted by molar-refractivity contribution is 6.40. The highest BCUT2D eigenvalue weighted by atomic mass is 35.5. The normalized spacial score (nSPS) is 11.2. The molecule has 3 rings (SSSR count). The Labute approximate surface area is 138 Å². The van der Waals surface area contributed by atoms with Gasteiger partial charge >= 0.3 is 0 Å². The number of rotatable bonds is 4. The van der Waals surface area contributed by atoms with Crippen LogP contribution in [0.3, 0.4) is 0 Å². The van der Waals surface area contributed by atoms with Crippen LogP contribution < -0.4 is 10.7 Å². The van der Waals surface area contributed by atoms with Gasteiger partial charge in [0, 0.05) is 17.4 Å². The lowest BCUT2D eigenvalue weighted by Gasteiger charge is -2.13. The number of nitrogens with one attached hydrogen (secondary N) is 2. The SMILES string of the molecule is CCCCNc1c(Cl)cc(Cl)c2[nH]c3ccccc3c(=O)c12. The van der Waals surface area contributed by atoms with E-state index in [4.69, 9.17) is 23.2 Å². The van der Waals surface area contributed by atoms with E-state index in [9.17, 15) is 4.79 Å². The summed E-state index contributed by atoms with van der Waals surface area (Å²) in [6.45, 7) is 2.88. The lowest BCUT2D eigenvalue weighted by atomic mass is 10.1. The first-order valence-corrected chi connectivity index (χ1v) is 8.05. The molecule has 2 N–H and O–H groups in total. The van der Waals surface area contributed by atoms with Crippen molar-refractivity contribution in [1.29, 1.82) is 0 Å². The molecular weight excluding hydrogens is 319 g/mol. The van der Waals surface area contributed by atoms with Gasteiger partial charge in [0.15, 0.2) is 5.43 Å². The zero-order valence-electron chi connectivity index (χ0n) is 12.2. The summed E-state index contributed by atoms with van der Waals surface area (Å²) >= 11 is 12.6. The minimum atomic E-state index is -0.0623. The average molecular weight is 335 g/mol. The minimum Gasteiger partial charge on any atom is -0.383 e. The maximum atomic E-state index is 12.9. The second kappa shape index (κ2) is 6.19. The Hall–Kier alpha value is -1.71. The van der Waals surface area contributed by atoms with E-state index in [1.807, 2.05) is 18.2 Å². The number of halogens is 2. The van der Waals surface area contributed by atoms with E-state index < -0.39 is 0 Å². The van der Waals surface area contributed by atoms with Gasteiger partial charge in [0.2, 0.25) is 0 Å². The van der Waals surface area contributed by atoms with E-state index in [1.54, 1.807) is 12.1 Å². The van der Waals surface area contributed by atoms with Crippen LogP contribution in [-0.4, -0.2) is 11.5 Å². The fraction of sp³-hybridized carbons (Fsp3) is 0.235. The molecule has 5 heteroatoms. The van der Waals surface area contributed by atoms with Gasteiger partial charge in [0.25, 0.3) is 0 Å². The van der Waals surface area contributed by atoms with Gasteiger partial charge in [-0.3, -0.25) is 4.79 Å². The van der Waals surface area contributed by atoms with Gasteiger partial charge in [-0.25, -0.2) is 0 Å². The van der Waals surface area contributed by atoms with Crippen LogP contribution in [0.2, 0.25) is 10.0 Å². The standard InChI is InChI=1S/C17H16Cl2N2O/c1-2-3-8-20-15-11(18)9-12(19)16-14(15)17(22)10-6-4-5-7-13(10)21-16/h4-7,9,20H,2-3,8H2,1H3,(H,21,22). The maximum Gasteiger partial charge on any atom is 0.199 e. The van der Waals surface area contributed by atoms with Crippen LogP contribution in [0, 0.1) is 0 Å². The largest absolute Gasteiger partial charge is 0.383 e. The molecule has 0 radical (unpaired) electrons. The number of pyridine rings is 1. The smallest absolute Gasteiger partial charge is 0.199 e. The number of fused-ring (bicyclic) bond motifs is 2. The van der Waals surface area contributed by atoms with Gasteiger partial charge < -0.3 is 10.3 Å². The number of anilines is 1. The highest BCUT2D eigenvalue weighted by Crippen LogP contribution is 2.34. The topological polar surface area (TPSA) is 44.9 Å². The number of benzene rings is 2. The van der Waals surface area contributed by atoms with E-state index in [2.05, 4.69) is 17.2 Å². The van der Waals surface area contributed by atoms with Gasteiger partial charge in [-0.2, -0.15) is 0 Å². The van der Waals surface area contributed by atoms with Crippen LogP contribution in [-0.2, 0) is 0 Å². The molecule has 0 spiro atoms. The van der Waals surface area contributed by atoms with Gasteiger partial charge in [-0.1, -0.05) is 48.7 Å². The van der Waals surface area contributed by atoms with Crippen molar-refractivity contribution in [1.82, 2.24) is 4.98 Å². The molecule has 3 aromatic rings. The van der Waals surface area contributed by atoms with Gasteiger partial charge in [-0.15, -0.1) is 0 Å². The van der Waals surface area contributed by atoms with Crippen molar-refractivity contribution in [2.75, 3.05) is 11.9 Å². The maximum absolute atomic E-state index is 12.9. The van der Waals surface area contributed by atoms with Crippen molar-refractivity contribution in [2.24, 2.45) is 0 Å². The molecular formula is C17H16Cl2N2O. The van der Waals surface area contributed by atoms with Crippen molar-refractivity contribution in [3.05, 3.63) is 50.6 Å². The summed E-state index contributed by atoms with van der Waals surface area (Å²) in [6, 6.07) is 9.07. The summed E-state index contributed by atoms with van der Waals surface area (Å²) in [6.07, 6.45) is 2.07. The number of hydrogen-bond donors (Lipinski definition) is 2. The third-order valence-corrected chi connectivity index (χ3v) is 4.32. The van der Waals surface area contributed by atoms with Crippen molar-refractivity contribution < 1.29 is 0 Å². The molecule has 0 bridgehead atoms. The molecule has 114 valence electrons. The molecule has 0 atom stereocenters. The van der Waals surface area contributed by atoms with Gasteiger partial charge in [0.1, 0.15) is 0 Å². The number of para-hydroxylation sites is 1. The molecule has 22 heavy (non-hydrogen) atoms. The summed E-state index contributed by atoms with van der Waals surface area (Å²) in [5.74, 6) is 0. The van der Waals surface area contributed by atoms with Crippen LogP contribution in [0.5, 0.6) is 0 Å². The van der Waals surface area contributed by atoms with Crippen LogP contribution in [0.4, 0.5) is 5.69 Å². The fourth-order valence-corrected chi connectivity index (χ4v) is 3.17. The monoisotopic (exact) mass is 334 g/mol. The van der Waals surface area contributed by atoms with Crippen molar-refractivity contribution in [3.63, 3.8) is 0 Å². The molecule has 0 amide bonds. The second-order valence-corrected chi connectivity index (χ2v) is 6.06. The Morgan fingerprint density at radius 1 is 1.18 bits per heavy atom. The van der Waals surface area contributed by atoms with E-state index in [-0.39, 0.29) is 5.43 Å². The highest BCUT2D eigenvalue weighted by Gasteiger charge is 2.15. The Balaban J connectivity index is 2.34. The Kier molecular flexibility index (Phi) is 4.27. The number of aromatic amines is 1. The number of H-pyrrole nitrogens is 1. The number of aromatic nitrogens is 1. The number of unbranched alkanes of at least 4 members (excludes halogenated alkanes) is 1. The quantitative estimate of drug-likeness (QED) is 0.508. The molecule has 2 aromatic carbocycles. The summed E-state index contributed by atoms with van der Waals surface area (Å²) in [4.78, 5) is 16.1. The van der Waals surface area contributed by atoms with E-state index in [0.29, 0.717) is 32.0 Å². The third-order valence-electron chi connectivity index (χ3n) is 3.72. The van der Waals surface area contributed by atoms with Crippen LogP contribution in [0.25, 0.3) is 21.8 Å². The fourth-order valence-electron chi connectivity index (χ4n) is 2.59. The third kappa shape index (κ3) is 2.55. The van der Waals surface area contributed by atoms with E-state index in [0.717, 1.165) is 24.9 Å². The lowest BCUT2D eigenvalue weighted by molar-refractivity contribution is 0.835. The predicted molar refractivity (Wildman–Crippen MR) is 95.5 cm³/mol.